The van der Waals surface area contributed by atoms with Gasteiger partial charge < -0.3 is 4.74 Å². The van der Waals surface area contributed by atoms with Crippen LogP contribution in [0.3, 0.4) is 0 Å². The highest BCUT2D eigenvalue weighted by molar-refractivity contribution is 7.89. The fourth-order valence-electron chi connectivity index (χ4n) is 3.15. The van der Waals surface area contributed by atoms with Gasteiger partial charge in [0.2, 0.25) is 15.7 Å². The lowest BCUT2D eigenvalue weighted by Crippen LogP contribution is -2.12. The Morgan fingerprint density at radius 1 is 1.14 bits per heavy atom. The number of hydrogen-bond donors (Lipinski definition) is 1. The molecular formula is C18H14F3N3O3S. The molecule has 0 bridgehead atoms. The van der Waals surface area contributed by atoms with Gasteiger partial charge in [-0.3, -0.25) is 0 Å². The number of fused-ring (bicyclic) bond motifs is 3. The molecule has 0 amide bonds. The fourth-order valence-corrected chi connectivity index (χ4v) is 3.66. The van der Waals surface area contributed by atoms with Crippen LogP contribution in [0.1, 0.15) is 16.8 Å². The van der Waals surface area contributed by atoms with Crippen molar-refractivity contribution < 1.29 is 26.3 Å². The average Bonchev–Trinajstić information content (AvgIpc) is 3.01. The van der Waals surface area contributed by atoms with E-state index in [1.165, 1.54) is 24.3 Å². The molecule has 0 saturated heterocycles. The van der Waals surface area contributed by atoms with Crippen molar-refractivity contribution in [3.8, 4) is 22.7 Å². The molecule has 0 saturated carbocycles. The number of nitrogens with zero attached hydrogens (tertiary/aromatic N) is 2. The topological polar surface area (TPSA) is 87.2 Å². The van der Waals surface area contributed by atoms with Gasteiger partial charge in [0.25, 0.3) is 0 Å². The number of nitrogens with two attached hydrogens (primary N) is 1. The number of primary sulfonamides is 1. The first-order valence-electron chi connectivity index (χ1n) is 8.12. The number of ether oxygens (including phenoxy) is 1. The second-order valence-corrected chi connectivity index (χ2v) is 7.99. The zero-order valence-corrected chi connectivity index (χ0v) is 15.3. The van der Waals surface area contributed by atoms with E-state index in [9.17, 15) is 21.6 Å². The number of rotatable bonds is 2. The molecule has 2 aromatic carbocycles. The van der Waals surface area contributed by atoms with Gasteiger partial charge in [-0.15, -0.1) is 0 Å². The SMILES string of the molecule is Cc1ccc2c(c1)COc1c(C(F)(F)F)nn(-c3ccc(S(N)(=O)=O)cc3)c1-2. The van der Waals surface area contributed by atoms with E-state index < -0.39 is 21.9 Å². The fraction of sp³-hybridized carbons (Fsp3) is 0.167. The van der Waals surface area contributed by atoms with Crippen molar-refractivity contribution in [2.75, 3.05) is 0 Å². The van der Waals surface area contributed by atoms with Gasteiger partial charge in [0.05, 0.1) is 10.6 Å². The first-order valence-corrected chi connectivity index (χ1v) is 9.66. The summed E-state index contributed by atoms with van der Waals surface area (Å²) in [7, 11) is -3.92. The van der Waals surface area contributed by atoms with Gasteiger partial charge in [-0.1, -0.05) is 23.8 Å². The second-order valence-electron chi connectivity index (χ2n) is 6.42. The van der Waals surface area contributed by atoms with E-state index in [1.54, 1.807) is 12.1 Å². The monoisotopic (exact) mass is 409 g/mol. The van der Waals surface area contributed by atoms with Crippen LogP contribution in [0.15, 0.2) is 47.4 Å². The lowest BCUT2D eigenvalue weighted by atomic mass is 9.99. The summed E-state index contributed by atoms with van der Waals surface area (Å²) in [6.45, 7) is 1.88. The Morgan fingerprint density at radius 2 is 1.82 bits per heavy atom. The molecule has 28 heavy (non-hydrogen) atoms. The third-order valence-corrected chi connectivity index (χ3v) is 5.34. The molecule has 4 rings (SSSR count). The highest BCUT2D eigenvalue weighted by Crippen LogP contribution is 2.46. The van der Waals surface area contributed by atoms with Gasteiger partial charge in [0.1, 0.15) is 12.3 Å². The van der Waals surface area contributed by atoms with Crippen molar-refractivity contribution >= 4 is 10.0 Å². The summed E-state index contributed by atoms with van der Waals surface area (Å²) < 4.78 is 69.9. The van der Waals surface area contributed by atoms with Gasteiger partial charge in [-0.05, 0) is 36.8 Å². The van der Waals surface area contributed by atoms with Gasteiger partial charge in [-0.2, -0.15) is 18.3 Å². The number of hydrogen-bond acceptors (Lipinski definition) is 4. The number of alkyl halides is 3. The lowest BCUT2D eigenvalue weighted by molar-refractivity contribution is -0.142. The second kappa shape index (κ2) is 6.08. The Labute approximate surface area is 158 Å². The van der Waals surface area contributed by atoms with E-state index in [-0.39, 0.29) is 28.6 Å². The predicted molar refractivity (Wildman–Crippen MR) is 94.4 cm³/mol. The van der Waals surface area contributed by atoms with E-state index in [2.05, 4.69) is 5.10 Å². The van der Waals surface area contributed by atoms with Gasteiger partial charge >= 0.3 is 6.18 Å². The van der Waals surface area contributed by atoms with Gasteiger partial charge in [0.15, 0.2) is 5.75 Å². The molecule has 1 aromatic heterocycles. The Morgan fingerprint density at radius 3 is 2.43 bits per heavy atom. The molecule has 0 radical (unpaired) electrons. The average molecular weight is 409 g/mol. The molecule has 0 unspecified atom stereocenters. The minimum absolute atomic E-state index is 0.00312. The maximum atomic E-state index is 13.5. The van der Waals surface area contributed by atoms with Crippen LogP contribution in [0.25, 0.3) is 16.9 Å². The van der Waals surface area contributed by atoms with E-state index in [4.69, 9.17) is 9.88 Å². The summed E-state index contributed by atoms with van der Waals surface area (Å²) >= 11 is 0. The van der Waals surface area contributed by atoms with Gasteiger partial charge in [0, 0.05) is 5.56 Å². The minimum atomic E-state index is -4.71. The van der Waals surface area contributed by atoms with Crippen LogP contribution < -0.4 is 9.88 Å². The molecule has 0 spiro atoms. The van der Waals surface area contributed by atoms with E-state index in [0.29, 0.717) is 5.56 Å². The van der Waals surface area contributed by atoms with Crippen molar-refractivity contribution in [2.24, 2.45) is 5.14 Å². The maximum Gasteiger partial charge on any atom is 0.438 e. The molecule has 0 fully saturated rings. The summed E-state index contributed by atoms with van der Waals surface area (Å²) in [5.41, 5.74) is 1.54. The highest BCUT2D eigenvalue weighted by Gasteiger charge is 2.42. The number of sulfonamides is 1. The Bertz CT molecular complexity index is 1180. The molecule has 146 valence electrons. The smallest absolute Gasteiger partial charge is 0.438 e. The van der Waals surface area contributed by atoms with E-state index in [0.717, 1.165) is 15.8 Å². The van der Waals surface area contributed by atoms with Crippen LogP contribution >= 0.6 is 0 Å². The van der Waals surface area contributed by atoms with E-state index in [1.807, 2.05) is 13.0 Å². The molecule has 0 aliphatic carbocycles. The highest BCUT2D eigenvalue weighted by atomic mass is 32.2. The number of halogens is 3. The largest absolute Gasteiger partial charge is 0.484 e. The standard InChI is InChI=1S/C18H14F3N3O3S/c1-10-2-7-14-11(8-10)9-27-16-15(14)24(23-17(16)18(19,20)21)12-3-5-13(6-4-12)28(22,25)26/h2-8H,9H2,1H3,(H2,22,25,26). The Hall–Kier alpha value is -2.85. The van der Waals surface area contributed by atoms with Crippen LogP contribution in [-0.2, 0) is 22.8 Å². The van der Waals surface area contributed by atoms with Crippen molar-refractivity contribution in [3.05, 3.63) is 59.3 Å². The zero-order valence-electron chi connectivity index (χ0n) is 14.5. The summed E-state index contributed by atoms with van der Waals surface area (Å²) in [6, 6.07) is 10.5. The summed E-state index contributed by atoms with van der Waals surface area (Å²) in [5, 5.41) is 8.81. The molecule has 1 aliphatic heterocycles. The van der Waals surface area contributed by atoms with Crippen molar-refractivity contribution in [3.63, 3.8) is 0 Å². The first-order chi connectivity index (χ1) is 13.1. The summed E-state index contributed by atoms with van der Waals surface area (Å²) in [4.78, 5) is -0.152. The first kappa shape index (κ1) is 18.5. The maximum absolute atomic E-state index is 13.5. The molecule has 0 atom stereocenters. The molecule has 6 nitrogen and oxygen atoms in total. The molecule has 3 aromatic rings. The number of aryl methyl sites for hydroxylation is 1. The number of benzene rings is 2. The van der Waals surface area contributed by atoms with Crippen LogP contribution in [0.2, 0.25) is 0 Å². The Balaban J connectivity index is 1.96. The van der Waals surface area contributed by atoms with Crippen molar-refractivity contribution in [1.29, 1.82) is 0 Å². The third kappa shape index (κ3) is 3.04. The molecular weight excluding hydrogens is 395 g/mol. The molecule has 10 heteroatoms. The van der Waals surface area contributed by atoms with Crippen molar-refractivity contribution in [1.82, 2.24) is 9.78 Å². The quantitative estimate of drug-likeness (QED) is 0.703. The predicted octanol–water partition coefficient (Wildman–Crippen LogP) is 3.41. The van der Waals surface area contributed by atoms with Crippen LogP contribution in [0, 0.1) is 6.92 Å². The molecule has 2 N–H and O–H groups in total. The zero-order chi connectivity index (χ0) is 20.3. The lowest BCUT2D eigenvalue weighted by Gasteiger charge is -2.20. The van der Waals surface area contributed by atoms with Crippen LogP contribution in [-0.4, -0.2) is 18.2 Å². The van der Waals surface area contributed by atoms with Crippen molar-refractivity contribution in [2.45, 2.75) is 24.6 Å². The molecule has 1 aliphatic rings. The normalized spacial score (nSPS) is 13.6. The van der Waals surface area contributed by atoms with E-state index >= 15 is 0 Å². The summed E-state index contributed by atoms with van der Waals surface area (Å²) in [6.07, 6.45) is -4.71. The van der Waals surface area contributed by atoms with Crippen LogP contribution in [0.5, 0.6) is 5.75 Å². The summed E-state index contributed by atoms with van der Waals surface area (Å²) in [5.74, 6) is -0.348. The number of aromatic nitrogens is 2. The minimum Gasteiger partial charge on any atom is -0.484 e. The molecule has 2 heterocycles. The van der Waals surface area contributed by atoms with Gasteiger partial charge in [-0.25, -0.2) is 18.2 Å². The van der Waals surface area contributed by atoms with Crippen LogP contribution in [0.4, 0.5) is 13.2 Å². The Kier molecular flexibility index (Phi) is 4.02. The third-order valence-electron chi connectivity index (χ3n) is 4.41.